The summed E-state index contributed by atoms with van der Waals surface area (Å²) in [6, 6.07) is 4.25. The summed E-state index contributed by atoms with van der Waals surface area (Å²) in [5.41, 5.74) is 0. The highest BCUT2D eigenvalue weighted by Crippen LogP contribution is 2.30. The third kappa shape index (κ3) is 4.88. The molecule has 1 saturated heterocycles. The summed E-state index contributed by atoms with van der Waals surface area (Å²) in [7, 11) is -1.35. The second-order valence-electron chi connectivity index (χ2n) is 6.89. The number of rotatable bonds is 8. The number of hydrogen-bond acceptors (Lipinski definition) is 7. The number of nitrogens with zero attached hydrogens (tertiary/aromatic N) is 2. The molecule has 2 rings (SSSR count). The fourth-order valence-electron chi connectivity index (χ4n) is 3.46. The highest BCUT2D eigenvalue weighted by molar-refractivity contribution is 7.89. The van der Waals surface area contributed by atoms with Gasteiger partial charge in [-0.2, -0.15) is 4.31 Å². The van der Waals surface area contributed by atoms with Crippen LogP contribution in [0.25, 0.3) is 0 Å². The highest BCUT2D eigenvalue weighted by Gasteiger charge is 2.47. The van der Waals surface area contributed by atoms with Gasteiger partial charge in [0.1, 0.15) is 17.9 Å². The van der Waals surface area contributed by atoms with E-state index in [4.69, 9.17) is 9.47 Å². The number of carbonyl (C=O) groups is 2. The Morgan fingerprint density at radius 1 is 1.28 bits per heavy atom. The molecule has 1 aliphatic rings. The molecule has 10 heteroatoms. The average molecular weight is 429 g/mol. The Morgan fingerprint density at radius 3 is 2.38 bits per heavy atom. The third-order valence-corrected chi connectivity index (χ3v) is 6.81. The lowest BCUT2D eigenvalue weighted by Gasteiger charge is -2.29. The number of sulfonamides is 1. The van der Waals surface area contributed by atoms with Gasteiger partial charge in [0.2, 0.25) is 10.0 Å². The van der Waals surface area contributed by atoms with E-state index in [0.717, 1.165) is 4.31 Å². The Bertz CT molecular complexity index is 823. The fraction of sp³-hybridized carbons (Fsp3) is 0.579. The molecule has 1 aromatic carbocycles. The van der Waals surface area contributed by atoms with E-state index in [2.05, 4.69) is 0 Å². The van der Waals surface area contributed by atoms with Gasteiger partial charge < -0.3 is 19.5 Å². The van der Waals surface area contributed by atoms with E-state index in [1.54, 1.807) is 0 Å². The minimum atomic E-state index is -4.02. The standard InChI is InChI=1S/C19H28N2O7S/c1-5-10-20(18(23)13(2)22)14-11-17(19(24)28-4)21(12-14)29(25,26)16-8-6-15(27-3)7-9-16/h6-9,13-14,17,22H,5,10-12H2,1-4H3/t13-,14-,17+/m0/s1. The second kappa shape index (κ2) is 9.55. The molecule has 0 radical (unpaired) electrons. The molecule has 0 bridgehead atoms. The minimum absolute atomic E-state index is 0.0109. The molecule has 1 fully saturated rings. The van der Waals surface area contributed by atoms with E-state index < -0.39 is 40.1 Å². The molecule has 0 unspecified atom stereocenters. The van der Waals surface area contributed by atoms with Gasteiger partial charge in [0, 0.05) is 19.1 Å². The fourth-order valence-corrected chi connectivity index (χ4v) is 5.09. The van der Waals surface area contributed by atoms with Gasteiger partial charge in [-0.3, -0.25) is 9.59 Å². The van der Waals surface area contributed by atoms with Crippen molar-refractivity contribution in [1.29, 1.82) is 0 Å². The van der Waals surface area contributed by atoms with Crippen LogP contribution in [0, 0.1) is 0 Å². The first-order valence-electron chi connectivity index (χ1n) is 9.39. The van der Waals surface area contributed by atoms with Gasteiger partial charge in [-0.25, -0.2) is 8.42 Å². The van der Waals surface area contributed by atoms with Crippen molar-refractivity contribution in [3.05, 3.63) is 24.3 Å². The number of benzene rings is 1. The van der Waals surface area contributed by atoms with Crippen LogP contribution < -0.4 is 4.74 Å². The van der Waals surface area contributed by atoms with Gasteiger partial charge in [-0.15, -0.1) is 0 Å². The smallest absolute Gasteiger partial charge is 0.324 e. The molecule has 1 heterocycles. The highest BCUT2D eigenvalue weighted by atomic mass is 32.2. The second-order valence-corrected chi connectivity index (χ2v) is 8.78. The molecule has 1 aliphatic heterocycles. The topological polar surface area (TPSA) is 113 Å². The molecule has 0 saturated carbocycles. The number of methoxy groups -OCH3 is 2. The number of esters is 1. The summed E-state index contributed by atoms with van der Waals surface area (Å²) in [5, 5.41) is 9.73. The lowest BCUT2D eigenvalue weighted by atomic mass is 10.1. The zero-order valence-corrected chi connectivity index (χ0v) is 17.9. The van der Waals surface area contributed by atoms with Crippen LogP contribution in [0.4, 0.5) is 0 Å². The van der Waals surface area contributed by atoms with Crippen LogP contribution in [0.15, 0.2) is 29.2 Å². The predicted octanol–water partition coefficient (Wildman–Crippen LogP) is 0.619. The number of aliphatic hydroxyl groups is 1. The van der Waals surface area contributed by atoms with Gasteiger partial charge in [-0.05, 0) is 44.0 Å². The SMILES string of the molecule is CCCN(C(=O)[C@H](C)O)[C@H]1C[C@H](C(=O)OC)N(S(=O)(=O)c2ccc(OC)cc2)C1. The van der Waals surface area contributed by atoms with Crippen molar-refractivity contribution < 1.29 is 32.6 Å². The maximum absolute atomic E-state index is 13.2. The summed E-state index contributed by atoms with van der Waals surface area (Å²) >= 11 is 0. The third-order valence-electron chi connectivity index (χ3n) is 4.92. The van der Waals surface area contributed by atoms with Crippen molar-refractivity contribution in [2.75, 3.05) is 27.3 Å². The van der Waals surface area contributed by atoms with Crippen LogP contribution in [0.5, 0.6) is 5.75 Å². The summed E-state index contributed by atoms with van der Waals surface area (Å²) in [6.45, 7) is 3.52. The molecule has 9 nitrogen and oxygen atoms in total. The lowest BCUT2D eigenvalue weighted by Crippen LogP contribution is -2.46. The zero-order valence-electron chi connectivity index (χ0n) is 17.1. The van der Waals surface area contributed by atoms with Crippen molar-refractivity contribution >= 4 is 21.9 Å². The molecule has 3 atom stereocenters. The van der Waals surface area contributed by atoms with Crippen molar-refractivity contribution in [3.8, 4) is 5.75 Å². The van der Waals surface area contributed by atoms with E-state index in [0.29, 0.717) is 18.7 Å². The summed E-state index contributed by atoms with van der Waals surface area (Å²) < 4.78 is 37.4. The normalized spacial score (nSPS) is 20.9. The zero-order chi connectivity index (χ0) is 21.8. The molecular weight excluding hydrogens is 400 g/mol. The Labute approximate surface area is 171 Å². The maximum Gasteiger partial charge on any atom is 0.324 e. The number of aliphatic hydroxyl groups excluding tert-OH is 1. The number of ether oxygens (including phenoxy) is 2. The largest absolute Gasteiger partial charge is 0.497 e. The van der Waals surface area contributed by atoms with E-state index >= 15 is 0 Å². The van der Waals surface area contributed by atoms with Crippen LogP contribution in [0.2, 0.25) is 0 Å². The van der Waals surface area contributed by atoms with Crippen molar-refractivity contribution in [2.45, 2.75) is 49.8 Å². The van der Waals surface area contributed by atoms with Gasteiger partial charge in [0.25, 0.3) is 5.91 Å². The van der Waals surface area contributed by atoms with Gasteiger partial charge in [-0.1, -0.05) is 6.92 Å². The quantitative estimate of drug-likeness (QED) is 0.604. The number of amides is 1. The Balaban J connectivity index is 2.39. The molecule has 1 aromatic rings. The number of hydrogen-bond donors (Lipinski definition) is 1. The maximum atomic E-state index is 13.2. The minimum Gasteiger partial charge on any atom is -0.497 e. The summed E-state index contributed by atoms with van der Waals surface area (Å²) in [5.74, 6) is -0.681. The molecule has 0 aliphatic carbocycles. The molecule has 1 N–H and O–H groups in total. The van der Waals surface area contributed by atoms with Gasteiger partial charge >= 0.3 is 5.97 Å². The van der Waals surface area contributed by atoms with Crippen LogP contribution in [0.1, 0.15) is 26.7 Å². The van der Waals surface area contributed by atoms with Crippen LogP contribution in [-0.4, -0.2) is 80.1 Å². The lowest BCUT2D eigenvalue weighted by molar-refractivity contribution is -0.145. The van der Waals surface area contributed by atoms with E-state index in [1.165, 1.54) is 50.3 Å². The molecule has 162 valence electrons. The first-order valence-corrected chi connectivity index (χ1v) is 10.8. The monoisotopic (exact) mass is 428 g/mol. The van der Waals surface area contributed by atoms with Crippen LogP contribution >= 0.6 is 0 Å². The van der Waals surface area contributed by atoms with Crippen molar-refractivity contribution in [3.63, 3.8) is 0 Å². The molecule has 0 aromatic heterocycles. The molecule has 29 heavy (non-hydrogen) atoms. The first kappa shape index (κ1) is 23.1. The van der Waals surface area contributed by atoms with E-state index in [-0.39, 0.29) is 17.9 Å². The Morgan fingerprint density at radius 2 is 1.90 bits per heavy atom. The molecule has 1 amide bonds. The van der Waals surface area contributed by atoms with Crippen molar-refractivity contribution in [1.82, 2.24) is 9.21 Å². The first-order chi connectivity index (χ1) is 13.7. The number of carbonyl (C=O) groups excluding carboxylic acids is 2. The van der Waals surface area contributed by atoms with Crippen molar-refractivity contribution in [2.24, 2.45) is 0 Å². The Hall–Kier alpha value is -2.17. The average Bonchev–Trinajstić information content (AvgIpc) is 3.16. The predicted molar refractivity (Wildman–Crippen MR) is 105 cm³/mol. The van der Waals surface area contributed by atoms with Crippen LogP contribution in [-0.2, 0) is 24.3 Å². The van der Waals surface area contributed by atoms with Gasteiger partial charge in [0.15, 0.2) is 0 Å². The molecule has 0 spiro atoms. The Kier molecular flexibility index (Phi) is 7.61. The van der Waals surface area contributed by atoms with E-state index in [1.807, 2.05) is 6.92 Å². The van der Waals surface area contributed by atoms with Crippen LogP contribution in [0.3, 0.4) is 0 Å². The van der Waals surface area contributed by atoms with E-state index in [9.17, 15) is 23.1 Å². The van der Waals surface area contributed by atoms with Gasteiger partial charge in [0.05, 0.1) is 19.1 Å². The molecular formula is C19H28N2O7S. The summed E-state index contributed by atoms with van der Waals surface area (Å²) in [4.78, 5) is 26.2. The summed E-state index contributed by atoms with van der Waals surface area (Å²) in [6.07, 6.45) is -0.491.